The lowest BCUT2D eigenvalue weighted by Gasteiger charge is -2.54. The SMILES string of the molecule is C[C@]12CCC(=O)C=C1CC[C@@H]1C2=CC[C@@]2(C)[C@H]1CC[C@]2(O)C(=O)COC(=O)CCC/C=C\C[C@@H]1[C@@H](/C=C/[C@@H](O)CCc2ccccc2)[C@H](O)C[C@@H]1O. The second-order valence-corrected chi connectivity index (χ2v) is 16.7. The number of benzene rings is 1. The van der Waals surface area contributed by atoms with Gasteiger partial charge in [-0.3, -0.25) is 14.4 Å². The van der Waals surface area contributed by atoms with Gasteiger partial charge < -0.3 is 25.2 Å². The van der Waals surface area contributed by atoms with E-state index in [1.54, 1.807) is 6.08 Å². The number of carbonyl (C=O) groups is 3. The number of unbranched alkanes of at least 4 members (excludes halogenated alkanes) is 1. The van der Waals surface area contributed by atoms with Crippen LogP contribution in [-0.2, 0) is 25.5 Å². The van der Waals surface area contributed by atoms with Crippen molar-refractivity contribution in [2.75, 3.05) is 6.61 Å². The third-order valence-electron chi connectivity index (χ3n) is 13.7. The Hall–Kier alpha value is -3.17. The third kappa shape index (κ3) is 7.73. The summed E-state index contributed by atoms with van der Waals surface area (Å²) in [7, 11) is 0. The molecule has 8 nitrogen and oxygen atoms in total. The molecular formula is C44H58O8. The molecule has 3 fully saturated rings. The molecule has 0 bridgehead atoms. The van der Waals surface area contributed by atoms with Crippen molar-refractivity contribution in [2.24, 2.45) is 34.5 Å². The molecule has 6 rings (SSSR count). The van der Waals surface area contributed by atoms with Crippen molar-refractivity contribution in [1.82, 2.24) is 0 Å². The number of aliphatic hydroxyl groups is 4. The van der Waals surface area contributed by atoms with E-state index in [-0.39, 0.29) is 41.3 Å². The largest absolute Gasteiger partial charge is 0.458 e. The third-order valence-corrected chi connectivity index (χ3v) is 13.7. The van der Waals surface area contributed by atoms with E-state index >= 15 is 0 Å². The maximum Gasteiger partial charge on any atom is 0.306 e. The van der Waals surface area contributed by atoms with E-state index in [4.69, 9.17) is 4.74 Å². The molecule has 5 aliphatic carbocycles. The molecule has 0 saturated heterocycles. The van der Waals surface area contributed by atoms with Gasteiger partial charge in [-0.05, 0) is 100 Å². The van der Waals surface area contributed by atoms with Crippen LogP contribution < -0.4 is 0 Å². The minimum atomic E-state index is -1.55. The van der Waals surface area contributed by atoms with Gasteiger partial charge in [0.05, 0.1) is 18.3 Å². The Bertz CT molecular complexity index is 1590. The fraction of sp³-hybridized carbons (Fsp3) is 0.614. The lowest BCUT2D eigenvalue weighted by atomic mass is 9.50. The summed E-state index contributed by atoms with van der Waals surface area (Å²) in [5.74, 6) is -0.647. The monoisotopic (exact) mass is 714 g/mol. The zero-order valence-electron chi connectivity index (χ0n) is 30.9. The molecule has 0 aromatic heterocycles. The lowest BCUT2D eigenvalue weighted by Crippen LogP contribution is -2.55. The quantitative estimate of drug-likeness (QED) is 0.1000. The highest BCUT2D eigenvalue weighted by atomic mass is 16.5. The Balaban J connectivity index is 0.934. The van der Waals surface area contributed by atoms with Gasteiger partial charge in [-0.25, -0.2) is 0 Å². The molecule has 1 aromatic carbocycles. The number of fused-ring (bicyclic) bond motifs is 5. The van der Waals surface area contributed by atoms with Crippen LogP contribution in [0.15, 0.2) is 77.9 Å². The van der Waals surface area contributed by atoms with E-state index in [0.717, 1.165) is 37.7 Å². The van der Waals surface area contributed by atoms with Gasteiger partial charge in [0.2, 0.25) is 5.78 Å². The van der Waals surface area contributed by atoms with E-state index in [1.807, 2.05) is 61.6 Å². The van der Waals surface area contributed by atoms with Gasteiger partial charge in [-0.1, -0.05) is 85.7 Å². The van der Waals surface area contributed by atoms with E-state index in [2.05, 4.69) is 13.0 Å². The van der Waals surface area contributed by atoms with Crippen LogP contribution in [0.4, 0.5) is 0 Å². The fourth-order valence-corrected chi connectivity index (χ4v) is 10.4. The van der Waals surface area contributed by atoms with Crippen molar-refractivity contribution in [2.45, 2.75) is 128 Å². The molecule has 3 saturated carbocycles. The summed E-state index contributed by atoms with van der Waals surface area (Å²) >= 11 is 0. The lowest BCUT2D eigenvalue weighted by molar-refractivity contribution is -0.163. The van der Waals surface area contributed by atoms with E-state index in [0.29, 0.717) is 51.4 Å². The molecule has 0 unspecified atom stereocenters. The maximum atomic E-state index is 13.5. The molecule has 52 heavy (non-hydrogen) atoms. The fourth-order valence-electron chi connectivity index (χ4n) is 10.4. The summed E-state index contributed by atoms with van der Waals surface area (Å²) in [5.41, 5.74) is 1.49. The molecule has 8 heteroatoms. The summed E-state index contributed by atoms with van der Waals surface area (Å²) < 4.78 is 5.41. The summed E-state index contributed by atoms with van der Waals surface area (Å²) in [6.45, 7) is 3.86. The minimum absolute atomic E-state index is 0.110. The van der Waals surface area contributed by atoms with Gasteiger partial charge in [0.1, 0.15) is 5.60 Å². The van der Waals surface area contributed by atoms with Crippen LogP contribution in [0.2, 0.25) is 0 Å². The molecule has 10 atom stereocenters. The second-order valence-electron chi connectivity index (χ2n) is 16.7. The van der Waals surface area contributed by atoms with Crippen molar-refractivity contribution in [3.63, 3.8) is 0 Å². The summed E-state index contributed by atoms with van der Waals surface area (Å²) in [6, 6.07) is 9.99. The number of ether oxygens (including phenoxy) is 1. The zero-order chi connectivity index (χ0) is 37.1. The molecule has 4 N–H and O–H groups in total. The molecule has 0 radical (unpaired) electrons. The van der Waals surface area contributed by atoms with Crippen LogP contribution in [0, 0.1) is 34.5 Å². The first kappa shape index (κ1) is 38.6. The number of hydrogen-bond donors (Lipinski definition) is 4. The van der Waals surface area contributed by atoms with E-state index in [1.165, 1.54) is 11.1 Å². The molecule has 0 spiro atoms. The number of Topliss-reactive ketones (excluding diaryl/α,β-unsaturated/α-hetero) is 1. The number of ketones is 2. The summed E-state index contributed by atoms with van der Waals surface area (Å²) in [4.78, 5) is 38.3. The van der Waals surface area contributed by atoms with Crippen LogP contribution >= 0.6 is 0 Å². The maximum absolute atomic E-state index is 13.5. The Morgan fingerprint density at radius 1 is 1.04 bits per heavy atom. The minimum Gasteiger partial charge on any atom is -0.458 e. The van der Waals surface area contributed by atoms with Crippen LogP contribution in [0.25, 0.3) is 0 Å². The summed E-state index contributed by atoms with van der Waals surface area (Å²) in [6.07, 6.45) is 18.1. The standard InChI is InChI=1S/C44H58O8/c1-42-23-20-32(46)26-30(42)15-18-35-36(42)21-24-43(2)37(35)22-25-44(43,51)40(49)28-52-41(50)13-9-4-3-8-12-33-34(39(48)27-38(33)47)19-17-31(45)16-14-29-10-6-5-7-11-29/h3,5-8,10-11,17,19,21,26,31,33-35,37-39,45,47-48,51H,4,9,12-16,18,20,22-25,27-28H2,1-2H3/b8-3-,19-17+/t31-,33+,34+,35+,37-,38-,39+,42-,43-,44-/m0/s1. The van der Waals surface area contributed by atoms with Gasteiger partial charge in [0.25, 0.3) is 0 Å². The van der Waals surface area contributed by atoms with Crippen LogP contribution in [0.3, 0.4) is 0 Å². The van der Waals surface area contributed by atoms with Crippen molar-refractivity contribution in [3.8, 4) is 0 Å². The highest BCUT2D eigenvalue weighted by Crippen LogP contribution is 2.65. The number of carbonyl (C=O) groups excluding carboxylic acids is 3. The predicted molar refractivity (Wildman–Crippen MR) is 199 cm³/mol. The van der Waals surface area contributed by atoms with Crippen LogP contribution in [0.5, 0.6) is 0 Å². The molecule has 1 aromatic rings. The first-order chi connectivity index (χ1) is 24.9. The van der Waals surface area contributed by atoms with E-state index < -0.39 is 47.7 Å². The highest BCUT2D eigenvalue weighted by Gasteiger charge is 2.64. The second kappa shape index (κ2) is 16.1. The highest BCUT2D eigenvalue weighted by molar-refractivity contribution is 5.92. The van der Waals surface area contributed by atoms with Gasteiger partial charge in [0, 0.05) is 36.0 Å². The van der Waals surface area contributed by atoms with Gasteiger partial charge in [0.15, 0.2) is 12.4 Å². The molecule has 0 aliphatic heterocycles. The molecule has 0 amide bonds. The number of aliphatic hydroxyl groups excluding tert-OH is 3. The molecular weight excluding hydrogens is 656 g/mol. The van der Waals surface area contributed by atoms with Gasteiger partial charge in [-0.15, -0.1) is 0 Å². The summed E-state index contributed by atoms with van der Waals surface area (Å²) in [5, 5.41) is 43.6. The van der Waals surface area contributed by atoms with Crippen LogP contribution in [-0.4, -0.2) is 68.5 Å². The van der Waals surface area contributed by atoms with Crippen molar-refractivity contribution in [1.29, 1.82) is 0 Å². The molecule has 0 heterocycles. The number of rotatable bonds is 14. The Labute approximate surface area is 308 Å². The van der Waals surface area contributed by atoms with Crippen LogP contribution in [0.1, 0.15) is 103 Å². The first-order valence-corrected chi connectivity index (χ1v) is 19.6. The van der Waals surface area contributed by atoms with Crippen molar-refractivity contribution in [3.05, 3.63) is 83.5 Å². The number of hydrogen-bond acceptors (Lipinski definition) is 8. The average Bonchev–Trinajstić information content (AvgIpc) is 3.57. The Kier molecular flexibility index (Phi) is 11.9. The van der Waals surface area contributed by atoms with E-state index in [9.17, 15) is 34.8 Å². The number of allylic oxidation sites excluding steroid dienone is 6. The number of esters is 1. The van der Waals surface area contributed by atoms with Crippen molar-refractivity contribution >= 4 is 17.5 Å². The number of aryl methyl sites for hydroxylation is 1. The normalized spacial score (nSPS) is 36.2. The Morgan fingerprint density at radius 2 is 1.83 bits per heavy atom. The van der Waals surface area contributed by atoms with Gasteiger partial charge >= 0.3 is 5.97 Å². The average molecular weight is 715 g/mol. The Morgan fingerprint density at radius 3 is 2.62 bits per heavy atom. The topological polar surface area (TPSA) is 141 Å². The molecule has 282 valence electrons. The first-order valence-electron chi connectivity index (χ1n) is 19.6. The van der Waals surface area contributed by atoms with Crippen molar-refractivity contribution < 1.29 is 39.5 Å². The smallest absolute Gasteiger partial charge is 0.306 e. The van der Waals surface area contributed by atoms with Gasteiger partial charge in [-0.2, -0.15) is 0 Å². The predicted octanol–water partition coefficient (Wildman–Crippen LogP) is 6.31. The molecule has 5 aliphatic rings. The zero-order valence-corrected chi connectivity index (χ0v) is 30.9.